The average Bonchev–Trinajstić information content (AvgIpc) is 2.49. The summed E-state index contributed by atoms with van der Waals surface area (Å²) in [5, 5.41) is 12.4. The first kappa shape index (κ1) is 15.3. The fourth-order valence-corrected chi connectivity index (χ4v) is 3.72. The van der Waals surface area contributed by atoms with Crippen LogP contribution < -0.4 is 10.2 Å². The fraction of sp³-hybridized carbons (Fsp3) is 0.875. The Morgan fingerprint density at radius 2 is 1.80 bits per heavy atom. The van der Waals surface area contributed by atoms with Gasteiger partial charge in [0.2, 0.25) is 0 Å². The van der Waals surface area contributed by atoms with Crippen molar-refractivity contribution in [2.45, 2.75) is 75.8 Å². The first-order valence-electron chi connectivity index (χ1n) is 8.20. The standard InChI is InChI=1S/C16H27N3O/c1-19(14-8-4-2-5-9-14)12-15(20)18-16(13-17)10-6-3-7-11-16/h14H,2-12H2,1H3,(H,18,20)/p+1. The van der Waals surface area contributed by atoms with Crippen LogP contribution in [-0.4, -0.2) is 31.1 Å². The van der Waals surface area contributed by atoms with Crippen molar-refractivity contribution in [1.29, 1.82) is 5.26 Å². The third-order valence-electron chi connectivity index (χ3n) is 5.04. The molecule has 2 aliphatic rings. The first-order chi connectivity index (χ1) is 9.65. The minimum absolute atomic E-state index is 0.0523. The minimum Gasteiger partial charge on any atom is -0.333 e. The third-order valence-corrected chi connectivity index (χ3v) is 5.04. The fourth-order valence-electron chi connectivity index (χ4n) is 3.72. The number of carbonyl (C=O) groups excluding carboxylic acids is 1. The molecule has 0 heterocycles. The highest BCUT2D eigenvalue weighted by atomic mass is 16.2. The van der Waals surface area contributed by atoms with E-state index >= 15 is 0 Å². The van der Waals surface area contributed by atoms with Crippen molar-refractivity contribution in [3.05, 3.63) is 0 Å². The Morgan fingerprint density at radius 3 is 2.40 bits per heavy atom. The van der Waals surface area contributed by atoms with Crippen LogP contribution in [0.2, 0.25) is 0 Å². The zero-order valence-electron chi connectivity index (χ0n) is 12.7. The molecule has 0 aromatic carbocycles. The van der Waals surface area contributed by atoms with Crippen LogP contribution in [0.25, 0.3) is 0 Å². The summed E-state index contributed by atoms with van der Waals surface area (Å²) in [5.74, 6) is 0.0523. The second kappa shape index (κ2) is 7.08. The van der Waals surface area contributed by atoms with Gasteiger partial charge >= 0.3 is 0 Å². The number of carbonyl (C=O) groups is 1. The highest BCUT2D eigenvalue weighted by Crippen LogP contribution is 2.27. The summed E-state index contributed by atoms with van der Waals surface area (Å²) in [6.45, 7) is 0.508. The average molecular weight is 278 g/mol. The predicted molar refractivity (Wildman–Crippen MR) is 78.2 cm³/mol. The third kappa shape index (κ3) is 3.96. The Balaban J connectivity index is 1.83. The molecule has 1 atom stereocenters. The number of nitriles is 1. The number of nitrogens with one attached hydrogen (secondary N) is 2. The zero-order chi connectivity index (χ0) is 14.4. The van der Waals surface area contributed by atoms with E-state index in [0.29, 0.717) is 12.6 Å². The molecule has 4 heteroatoms. The normalized spacial score (nSPS) is 24.6. The molecule has 20 heavy (non-hydrogen) atoms. The Morgan fingerprint density at radius 1 is 1.20 bits per heavy atom. The Labute approximate surface area is 122 Å². The van der Waals surface area contributed by atoms with Crippen molar-refractivity contribution in [3.8, 4) is 6.07 Å². The number of likely N-dealkylation sites (N-methyl/N-ethyl adjacent to an activating group) is 1. The summed E-state index contributed by atoms with van der Waals surface area (Å²) >= 11 is 0. The molecule has 0 saturated heterocycles. The molecule has 0 spiro atoms. The van der Waals surface area contributed by atoms with Crippen LogP contribution >= 0.6 is 0 Å². The van der Waals surface area contributed by atoms with Gasteiger partial charge in [-0.05, 0) is 38.5 Å². The van der Waals surface area contributed by atoms with E-state index in [0.717, 1.165) is 25.7 Å². The van der Waals surface area contributed by atoms with Crippen LogP contribution in [0.4, 0.5) is 0 Å². The number of nitrogens with zero attached hydrogens (tertiary/aromatic N) is 1. The van der Waals surface area contributed by atoms with Crippen molar-refractivity contribution in [2.24, 2.45) is 0 Å². The van der Waals surface area contributed by atoms with E-state index in [1.165, 1.54) is 43.4 Å². The number of rotatable bonds is 4. The van der Waals surface area contributed by atoms with E-state index in [4.69, 9.17) is 0 Å². The Kier molecular flexibility index (Phi) is 5.42. The van der Waals surface area contributed by atoms with Crippen LogP contribution in [-0.2, 0) is 4.79 Å². The monoisotopic (exact) mass is 278 g/mol. The molecular weight excluding hydrogens is 250 g/mol. The Bertz CT molecular complexity index is 362. The molecule has 2 fully saturated rings. The van der Waals surface area contributed by atoms with E-state index in [2.05, 4.69) is 18.4 Å². The lowest BCUT2D eigenvalue weighted by Gasteiger charge is -2.33. The molecule has 4 nitrogen and oxygen atoms in total. The Hall–Kier alpha value is -1.08. The lowest BCUT2D eigenvalue weighted by Crippen LogP contribution is -3.14. The van der Waals surface area contributed by atoms with E-state index in [1.807, 2.05) is 0 Å². The van der Waals surface area contributed by atoms with Crippen molar-refractivity contribution < 1.29 is 9.69 Å². The van der Waals surface area contributed by atoms with Gasteiger partial charge in [-0.3, -0.25) is 4.79 Å². The molecule has 0 aliphatic heterocycles. The van der Waals surface area contributed by atoms with Crippen LogP contribution in [0.3, 0.4) is 0 Å². The summed E-state index contributed by atoms with van der Waals surface area (Å²) < 4.78 is 0. The lowest BCUT2D eigenvalue weighted by atomic mass is 9.83. The van der Waals surface area contributed by atoms with Crippen LogP contribution in [0.5, 0.6) is 0 Å². The number of hydrogen-bond donors (Lipinski definition) is 2. The summed E-state index contributed by atoms with van der Waals surface area (Å²) in [4.78, 5) is 13.6. The van der Waals surface area contributed by atoms with Crippen LogP contribution in [0, 0.1) is 11.3 Å². The van der Waals surface area contributed by atoms with Gasteiger partial charge in [-0.25, -0.2) is 0 Å². The summed E-state index contributed by atoms with van der Waals surface area (Å²) in [5.41, 5.74) is -0.581. The molecule has 0 radical (unpaired) electrons. The highest BCUT2D eigenvalue weighted by molar-refractivity contribution is 5.78. The lowest BCUT2D eigenvalue weighted by molar-refractivity contribution is -0.899. The van der Waals surface area contributed by atoms with Gasteiger partial charge in [-0.1, -0.05) is 25.7 Å². The van der Waals surface area contributed by atoms with Crippen molar-refractivity contribution >= 4 is 5.91 Å². The number of hydrogen-bond acceptors (Lipinski definition) is 2. The molecular formula is C16H28N3O+. The highest BCUT2D eigenvalue weighted by Gasteiger charge is 2.34. The molecule has 112 valence electrons. The maximum atomic E-state index is 12.2. The molecule has 2 N–H and O–H groups in total. The van der Waals surface area contributed by atoms with E-state index < -0.39 is 5.54 Å². The maximum Gasteiger partial charge on any atom is 0.276 e. The van der Waals surface area contributed by atoms with E-state index in [1.54, 1.807) is 0 Å². The van der Waals surface area contributed by atoms with Gasteiger partial charge in [0, 0.05) is 0 Å². The topological polar surface area (TPSA) is 57.3 Å². The number of quaternary nitrogens is 1. The number of amides is 1. The quantitative estimate of drug-likeness (QED) is 0.811. The molecule has 0 bridgehead atoms. The summed E-state index contributed by atoms with van der Waals surface area (Å²) in [7, 11) is 2.12. The van der Waals surface area contributed by atoms with Crippen molar-refractivity contribution in [3.63, 3.8) is 0 Å². The SMILES string of the molecule is C[NH+](CC(=O)NC1(C#N)CCCCC1)C1CCCCC1. The molecule has 0 aromatic rings. The van der Waals surface area contributed by atoms with E-state index in [-0.39, 0.29) is 5.91 Å². The second-order valence-corrected chi connectivity index (χ2v) is 6.66. The van der Waals surface area contributed by atoms with Gasteiger partial charge in [0.05, 0.1) is 19.2 Å². The molecule has 0 aromatic heterocycles. The second-order valence-electron chi connectivity index (χ2n) is 6.66. The molecule has 2 aliphatic carbocycles. The van der Waals surface area contributed by atoms with Crippen LogP contribution in [0.15, 0.2) is 0 Å². The van der Waals surface area contributed by atoms with Crippen molar-refractivity contribution in [1.82, 2.24) is 5.32 Å². The molecule has 2 saturated carbocycles. The predicted octanol–water partition coefficient (Wildman–Crippen LogP) is 1.18. The van der Waals surface area contributed by atoms with Gasteiger partial charge in [0.15, 0.2) is 6.54 Å². The maximum absolute atomic E-state index is 12.2. The molecule has 2 rings (SSSR count). The summed E-state index contributed by atoms with van der Waals surface area (Å²) in [6, 6.07) is 2.98. The first-order valence-corrected chi connectivity index (χ1v) is 8.20. The van der Waals surface area contributed by atoms with Crippen molar-refractivity contribution in [2.75, 3.05) is 13.6 Å². The van der Waals surface area contributed by atoms with Gasteiger partial charge in [0.1, 0.15) is 5.54 Å². The largest absolute Gasteiger partial charge is 0.333 e. The molecule has 1 amide bonds. The van der Waals surface area contributed by atoms with E-state index in [9.17, 15) is 10.1 Å². The van der Waals surface area contributed by atoms with Gasteiger partial charge in [-0.15, -0.1) is 0 Å². The van der Waals surface area contributed by atoms with Gasteiger partial charge in [0.25, 0.3) is 5.91 Å². The minimum atomic E-state index is -0.581. The van der Waals surface area contributed by atoms with Gasteiger partial charge < -0.3 is 10.2 Å². The van der Waals surface area contributed by atoms with Crippen LogP contribution in [0.1, 0.15) is 64.2 Å². The molecule has 1 unspecified atom stereocenters. The zero-order valence-corrected chi connectivity index (χ0v) is 12.7. The smallest absolute Gasteiger partial charge is 0.276 e. The summed E-state index contributed by atoms with van der Waals surface area (Å²) in [6.07, 6.45) is 11.3. The van der Waals surface area contributed by atoms with Gasteiger partial charge in [-0.2, -0.15) is 5.26 Å².